The topological polar surface area (TPSA) is 61.8 Å². The molecule has 1 aliphatic rings. The summed E-state index contributed by atoms with van der Waals surface area (Å²) in [6.45, 7) is 4.35. The van der Waals surface area contributed by atoms with Crippen molar-refractivity contribution in [3.63, 3.8) is 0 Å². The van der Waals surface area contributed by atoms with E-state index in [4.69, 9.17) is 14.2 Å². The average Bonchev–Trinajstić information content (AvgIpc) is 2.28. The minimum absolute atomic E-state index is 0.0273. The zero-order chi connectivity index (χ0) is 13.5. The highest BCUT2D eigenvalue weighted by Crippen LogP contribution is 2.16. The molecule has 0 aliphatic carbocycles. The number of hydrogen-bond donors (Lipinski definition) is 0. The van der Waals surface area contributed by atoms with Gasteiger partial charge in [0.1, 0.15) is 24.9 Å². The van der Waals surface area contributed by atoms with E-state index in [1.54, 1.807) is 19.1 Å². The van der Waals surface area contributed by atoms with Crippen LogP contribution in [-0.4, -0.2) is 36.9 Å². The average molecular weight is 252 g/mol. The van der Waals surface area contributed by atoms with Crippen molar-refractivity contribution in [3.8, 4) is 11.8 Å². The maximum atomic E-state index is 11.0. The van der Waals surface area contributed by atoms with Crippen LogP contribution in [0, 0.1) is 11.8 Å². The van der Waals surface area contributed by atoms with Gasteiger partial charge in [-0.1, -0.05) is 5.92 Å². The number of esters is 2. The van der Waals surface area contributed by atoms with E-state index in [-0.39, 0.29) is 12.7 Å². The fourth-order valence-corrected chi connectivity index (χ4v) is 1.51. The first-order valence-electron chi connectivity index (χ1n) is 5.59. The number of ether oxygens (including phenoxy) is 3. The molecule has 0 spiro atoms. The molecule has 1 rings (SSSR count). The first-order chi connectivity index (χ1) is 8.52. The van der Waals surface area contributed by atoms with Crippen molar-refractivity contribution in [2.45, 2.75) is 39.1 Å². The lowest BCUT2D eigenvalue weighted by molar-refractivity contribution is -0.161. The van der Waals surface area contributed by atoms with Crippen LogP contribution in [0.1, 0.15) is 20.8 Å². The summed E-state index contributed by atoms with van der Waals surface area (Å²) >= 11 is 0. The number of hydrogen-bond acceptors (Lipinski definition) is 5. The SMILES string of the molecule is CC#C[C@@H]1C=C[C@H](OC(C)=O)[C@@H](COC(C)=O)O1. The van der Waals surface area contributed by atoms with E-state index in [0.717, 1.165) is 0 Å². The Labute approximate surface area is 106 Å². The molecule has 18 heavy (non-hydrogen) atoms. The van der Waals surface area contributed by atoms with Crippen LogP contribution >= 0.6 is 0 Å². The predicted octanol–water partition coefficient (Wildman–Crippen LogP) is 0.828. The first-order valence-corrected chi connectivity index (χ1v) is 5.59. The van der Waals surface area contributed by atoms with Crippen LogP contribution in [0.5, 0.6) is 0 Å². The van der Waals surface area contributed by atoms with E-state index in [9.17, 15) is 9.59 Å². The zero-order valence-electron chi connectivity index (χ0n) is 10.6. The number of carbonyl (C=O) groups is 2. The summed E-state index contributed by atoms with van der Waals surface area (Å²) < 4.78 is 15.5. The Hall–Kier alpha value is -1.80. The zero-order valence-corrected chi connectivity index (χ0v) is 10.6. The summed E-state index contributed by atoms with van der Waals surface area (Å²) in [7, 11) is 0. The smallest absolute Gasteiger partial charge is 0.303 e. The van der Waals surface area contributed by atoms with Crippen LogP contribution in [0.25, 0.3) is 0 Å². The van der Waals surface area contributed by atoms with E-state index < -0.39 is 24.1 Å². The molecule has 0 amide bonds. The predicted molar refractivity (Wildman–Crippen MR) is 63.4 cm³/mol. The molecule has 0 unspecified atom stereocenters. The second-order valence-electron chi connectivity index (χ2n) is 3.75. The third kappa shape index (κ3) is 4.60. The summed E-state index contributed by atoms with van der Waals surface area (Å²) in [5.41, 5.74) is 0. The van der Waals surface area contributed by atoms with Gasteiger partial charge in [0, 0.05) is 13.8 Å². The van der Waals surface area contributed by atoms with Crippen LogP contribution in [0.2, 0.25) is 0 Å². The minimum atomic E-state index is -0.559. The molecule has 0 fully saturated rings. The van der Waals surface area contributed by atoms with Gasteiger partial charge in [0.05, 0.1) is 0 Å². The van der Waals surface area contributed by atoms with Crippen LogP contribution in [0.4, 0.5) is 0 Å². The van der Waals surface area contributed by atoms with E-state index in [1.165, 1.54) is 13.8 Å². The lowest BCUT2D eigenvalue weighted by atomic mass is 10.1. The molecule has 0 bridgehead atoms. The third-order valence-corrected chi connectivity index (χ3v) is 2.20. The van der Waals surface area contributed by atoms with Gasteiger partial charge >= 0.3 is 11.9 Å². The molecule has 0 aromatic heterocycles. The molecular formula is C13H16O5. The first kappa shape index (κ1) is 14.3. The van der Waals surface area contributed by atoms with Crippen molar-refractivity contribution in [1.29, 1.82) is 0 Å². The fraction of sp³-hybridized carbons (Fsp3) is 0.538. The van der Waals surface area contributed by atoms with Crippen molar-refractivity contribution in [2.75, 3.05) is 6.61 Å². The van der Waals surface area contributed by atoms with Crippen LogP contribution in [-0.2, 0) is 23.8 Å². The highest BCUT2D eigenvalue weighted by atomic mass is 16.6. The fourth-order valence-electron chi connectivity index (χ4n) is 1.51. The Balaban J connectivity index is 2.70. The molecule has 0 saturated heterocycles. The molecule has 5 heteroatoms. The Morgan fingerprint density at radius 2 is 2.00 bits per heavy atom. The monoisotopic (exact) mass is 252 g/mol. The van der Waals surface area contributed by atoms with Gasteiger partial charge in [0.15, 0.2) is 0 Å². The Bertz CT molecular complexity index is 401. The van der Waals surface area contributed by atoms with Crippen molar-refractivity contribution < 1.29 is 23.8 Å². The van der Waals surface area contributed by atoms with Gasteiger partial charge < -0.3 is 14.2 Å². The van der Waals surface area contributed by atoms with E-state index in [2.05, 4.69) is 11.8 Å². The standard InChI is InChI=1S/C13H16O5/c1-4-5-11-6-7-12(17-10(3)15)13(18-11)8-16-9(2)14/h6-7,11-13H,8H2,1-3H3/t11-,12+,13-/m1/s1. The van der Waals surface area contributed by atoms with E-state index in [1.807, 2.05) is 0 Å². The minimum Gasteiger partial charge on any atom is -0.463 e. The molecule has 5 nitrogen and oxygen atoms in total. The maximum absolute atomic E-state index is 11.0. The number of carbonyl (C=O) groups excluding carboxylic acids is 2. The van der Waals surface area contributed by atoms with Crippen molar-refractivity contribution in [1.82, 2.24) is 0 Å². The molecule has 1 aliphatic heterocycles. The van der Waals surface area contributed by atoms with Crippen molar-refractivity contribution in [3.05, 3.63) is 12.2 Å². The summed E-state index contributed by atoms with van der Waals surface area (Å²) in [5, 5.41) is 0. The second-order valence-corrected chi connectivity index (χ2v) is 3.75. The third-order valence-electron chi connectivity index (χ3n) is 2.20. The van der Waals surface area contributed by atoms with Gasteiger partial charge in [0.2, 0.25) is 0 Å². The summed E-state index contributed by atoms with van der Waals surface area (Å²) in [4.78, 5) is 21.7. The molecule has 0 aromatic carbocycles. The Morgan fingerprint density at radius 1 is 1.28 bits per heavy atom. The van der Waals surface area contributed by atoms with Gasteiger partial charge in [0.25, 0.3) is 0 Å². The normalized spacial score (nSPS) is 25.8. The van der Waals surface area contributed by atoms with Gasteiger partial charge in [-0.05, 0) is 19.1 Å². The number of rotatable bonds is 3. The highest BCUT2D eigenvalue weighted by Gasteiger charge is 2.29. The molecule has 3 atom stereocenters. The lowest BCUT2D eigenvalue weighted by Crippen LogP contribution is -2.41. The highest BCUT2D eigenvalue weighted by molar-refractivity contribution is 5.66. The van der Waals surface area contributed by atoms with E-state index in [0.29, 0.717) is 0 Å². The summed E-state index contributed by atoms with van der Waals surface area (Å²) in [6.07, 6.45) is 1.95. The summed E-state index contributed by atoms with van der Waals surface area (Å²) in [5.74, 6) is 4.75. The van der Waals surface area contributed by atoms with Crippen LogP contribution in [0.15, 0.2) is 12.2 Å². The molecule has 0 saturated carbocycles. The van der Waals surface area contributed by atoms with Gasteiger partial charge in [-0.3, -0.25) is 9.59 Å². The van der Waals surface area contributed by atoms with Crippen LogP contribution in [0.3, 0.4) is 0 Å². The quantitative estimate of drug-likeness (QED) is 0.423. The van der Waals surface area contributed by atoms with E-state index >= 15 is 0 Å². The molecule has 1 heterocycles. The Morgan fingerprint density at radius 3 is 2.56 bits per heavy atom. The van der Waals surface area contributed by atoms with Gasteiger partial charge in [-0.25, -0.2) is 0 Å². The summed E-state index contributed by atoms with van der Waals surface area (Å²) in [6, 6.07) is 0. The maximum Gasteiger partial charge on any atom is 0.303 e. The Kier molecular flexibility index (Phi) is 5.40. The molecule has 0 aromatic rings. The van der Waals surface area contributed by atoms with Gasteiger partial charge in [-0.15, -0.1) is 5.92 Å². The molecular weight excluding hydrogens is 236 g/mol. The molecule has 0 N–H and O–H groups in total. The van der Waals surface area contributed by atoms with Gasteiger partial charge in [-0.2, -0.15) is 0 Å². The van der Waals surface area contributed by atoms with Crippen molar-refractivity contribution >= 4 is 11.9 Å². The second kappa shape index (κ2) is 6.82. The molecule has 0 radical (unpaired) electrons. The largest absolute Gasteiger partial charge is 0.463 e. The lowest BCUT2D eigenvalue weighted by Gasteiger charge is -2.29. The van der Waals surface area contributed by atoms with Crippen LogP contribution < -0.4 is 0 Å². The van der Waals surface area contributed by atoms with Crippen molar-refractivity contribution in [2.24, 2.45) is 0 Å². The molecule has 98 valence electrons.